The molecule has 8 heteroatoms. The van der Waals surface area contributed by atoms with Gasteiger partial charge in [-0.15, -0.1) is 5.10 Å². The zero-order valence-corrected chi connectivity index (χ0v) is 13.3. The molecule has 0 saturated carbocycles. The number of benzene rings is 1. The Morgan fingerprint density at radius 1 is 1.46 bits per heavy atom. The van der Waals surface area contributed by atoms with Crippen LogP contribution in [0, 0.1) is 11.3 Å². The third-order valence-electron chi connectivity index (χ3n) is 3.66. The summed E-state index contributed by atoms with van der Waals surface area (Å²) >= 11 is 0. The summed E-state index contributed by atoms with van der Waals surface area (Å²) in [7, 11) is 0. The first kappa shape index (κ1) is 15.8. The molecule has 0 bridgehead atoms. The number of aromatic nitrogens is 3. The van der Waals surface area contributed by atoms with Gasteiger partial charge in [-0.05, 0) is 19.1 Å². The lowest BCUT2D eigenvalue weighted by molar-refractivity contribution is -0.133. The molecule has 0 aliphatic carbocycles. The van der Waals surface area contributed by atoms with Crippen LogP contribution in [0.4, 0.5) is 0 Å². The fourth-order valence-electron chi connectivity index (χ4n) is 2.47. The molecule has 0 spiro atoms. The summed E-state index contributed by atoms with van der Waals surface area (Å²) < 4.78 is 12.9. The van der Waals surface area contributed by atoms with Crippen molar-refractivity contribution in [3.8, 4) is 17.6 Å². The van der Waals surface area contributed by atoms with Crippen LogP contribution in [0.2, 0.25) is 0 Å². The molecule has 1 aromatic heterocycles. The molecule has 0 fully saturated rings. The predicted molar refractivity (Wildman–Crippen MR) is 83.3 cm³/mol. The molecule has 2 heterocycles. The van der Waals surface area contributed by atoms with E-state index in [2.05, 4.69) is 10.1 Å². The predicted octanol–water partition coefficient (Wildman–Crippen LogP) is 0.838. The highest BCUT2D eigenvalue weighted by atomic mass is 16.6. The average molecular weight is 327 g/mol. The molecule has 1 aliphatic heterocycles. The van der Waals surface area contributed by atoms with Gasteiger partial charge in [-0.2, -0.15) is 5.26 Å². The zero-order valence-electron chi connectivity index (χ0n) is 13.3. The summed E-state index contributed by atoms with van der Waals surface area (Å²) in [5, 5.41) is 12.6. The number of ether oxygens (including phenoxy) is 2. The molecule has 2 aromatic rings. The zero-order chi connectivity index (χ0) is 16.9. The second-order valence-corrected chi connectivity index (χ2v) is 5.31. The Kier molecular flexibility index (Phi) is 4.61. The summed E-state index contributed by atoms with van der Waals surface area (Å²) in [5.41, 5.74) is 0. The molecule has 1 aromatic carbocycles. The Bertz CT molecular complexity index is 767. The van der Waals surface area contributed by atoms with Crippen molar-refractivity contribution in [3.63, 3.8) is 0 Å². The molecule has 1 aliphatic rings. The van der Waals surface area contributed by atoms with E-state index in [0.717, 1.165) is 5.75 Å². The fourth-order valence-corrected chi connectivity index (χ4v) is 2.47. The van der Waals surface area contributed by atoms with Crippen LogP contribution in [-0.2, 0) is 11.3 Å². The number of rotatable bonds is 5. The Morgan fingerprint density at radius 2 is 2.25 bits per heavy atom. The third kappa shape index (κ3) is 3.46. The minimum absolute atomic E-state index is 0.0344. The molecule has 0 saturated heterocycles. The second kappa shape index (κ2) is 7.00. The fraction of sp³-hybridized carbons (Fsp3) is 0.375. The number of para-hydroxylation sites is 2. The van der Waals surface area contributed by atoms with Crippen molar-refractivity contribution in [2.24, 2.45) is 0 Å². The SMILES string of the molecule is CCN(C[C@@H]1COc2ccccc2O1)C(=O)Cn1cnc(C#N)n1. The normalized spacial score (nSPS) is 15.6. The quantitative estimate of drug-likeness (QED) is 0.808. The molecule has 0 radical (unpaired) electrons. The molecular formula is C16H17N5O3. The number of amides is 1. The van der Waals surface area contributed by atoms with Crippen molar-refractivity contribution in [2.75, 3.05) is 19.7 Å². The van der Waals surface area contributed by atoms with E-state index in [1.165, 1.54) is 11.0 Å². The second-order valence-electron chi connectivity index (χ2n) is 5.31. The molecule has 1 atom stereocenters. The van der Waals surface area contributed by atoms with E-state index in [1.54, 1.807) is 4.90 Å². The molecule has 0 N–H and O–H groups in total. The molecular weight excluding hydrogens is 310 g/mol. The summed E-state index contributed by atoms with van der Waals surface area (Å²) in [4.78, 5) is 17.9. The van der Waals surface area contributed by atoms with E-state index in [4.69, 9.17) is 14.7 Å². The van der Waals surface area contributed by atoms with E-state index in [0.29, 0.717) is 25.4 Å². The number of fused-ring (bicyclic) bond motifs is 1. The van der Waals surface area contributed by atoms with Crippen molar-refractivity contribution in [2.45, 2.75) is 19.6 Å². The lowest BCUT2D eigenvalue weighted by Crippen LogP contribution is -2.44. The van der Waals surface area contributed by atoms with Crippen LogP contribution in [0.15, 0.2) is 30.6 Å². The van der Waals surface area contributed by atoms with Gasteiger partial charge >= 0.3 is 0 Å². The maximum absolute atomic E-state index is 12.4. The van der Waals surface area contributed by atoms with Crippen LogP contribution >= 0.6 is 0 Å². The van der Waals surface area contributed by atoms with E-state index >= 15 is 0 Å². The van der Waals surface area contributed by atoms with Gasteiger partial charge in [0.25, 0.3) is 5.82 Å². The number of likely N-dealkylation sites (N-methyl/N-ethyl adjacent to an activating group) is 1. The van der Waals surface area contributed by atoms with Crippen molar-refractivity contribution in [3.05, 3.63) is 36.4 Å². The minimum Gasteiger partial charge on any atom is -0.486 e. The standard InChI is InChI=1S/C16H17N5O3/c1-2-20(16(22)9-21-11-18-15(7-17)19-21)8-12-10-23-13-5-3-4-6-14(13)24-12/h3-6,11-12H,2,8-10H2,1H3/t12-/m1/s1. The van der Waals surface area contributed by atoms with Gasteiger partial charge in [0.15, 0.2) is 17.6 Å². The average Bonchev–Trinajstić information content (AvgIpc) is 3.07. The van der Waals surface area contributed by atoms with Crippen molar-refractivity contribution < 1.29 is 14.3 Å². The minimum atomic E-state index is -0.228. The third-order valence-corrected chi connectivity index (χ3v) is 3.66. The smallest absolute Gasteiger partial charge is 0.252 e. The van der Waals surface area contributed by atoms with Gasteiger partial charge in [0, 0.05) is 6.54 Å². The van der Waals surface area contributed by atoms with Gasteiger partial charge in [-0.25, -0.2) is 9.67 Å². The van der Waals surface area contributed by atoms with E-state index in [1.807, 2.05) is 37.3 Å². The molecule has 124 valence electrons. The highest BCUT2D eigenvalue weighted by molar-refractivity contribution is 5.75. The maximum atomic E-state index is 12.4. The van der Waals surface area contributed by atoms with Crippen LogP contribution in [-0.4, -0.2) is 51.4 Å². The number of carbonyl (C=O) groups excluding carboxylic acids is 1. The Balaban J connectivity index is 1.60. The molecule has 24 heavy (non-hydrogen) atoms. The largest absolute Gasteiger partial charge is 0.486 e. The van der Waals surface area contributed by atoms with Gasteiger partial charge in [0.05, 0.1) is 6.54 Å². The molecule has 8 nitrogen and oxygen atoms in total. The Hall–Kier alpha value is -3.08. The van der Waals surface area contributed by atoms with Gasteiger partial charge in [0.2, 0.25) is 5.91 Å². The maximum Gasteiger partial charge on any atom is 0.252 e. The monoisotopic (exact) mass is 327 g/mol. The molecule has 1 amide bonds. The summed E-state index contributed by atoms with van der Waals surface area (Å²) in [6, 6.07) is 9.30. The van der Waals surface area contributed by atoms with Crippen molar-refractivity contribution >= 4 is 5.91 Å². The highest BCUT2D eigenvalue weighted by Crippen LogP contribution is 2.30. The number of nitrogens with zero attached hydrogens (tertiary/aromatic N) is 5. The first-order valence-corrected chi connectivity index (χ1v) is 7.65. The van der Waals surface area contributed by atoms with Crippen LogP contribution in [0.3, 0.4) is 0 Å². The van der Waals surface area contributed by atoms with Gasteiger partial charge < -0.3 is 14.4 Å². The van der Waals surface area contributed by atoms with Crippen LogP contribution in [0.25, 0.3) is 0 Å². The summed E-state index contributed by atoms with van der Waals surface area (Å²) in [6.07, 6.45) is 1.15. The highest BCUT2D eigenvalue weighted by Gasteiger charge is 2.25. The first-order valence-electron chi connectivity index (χ1n) is 7.65. The van der Waals surface area contributed by atoms with E-state index in [9.17, 15) is 4.79 Å². The molecule has 3 rings (SSSR count). The number of hydrogen-bond acceptors (Lipinski definition) is 6. The number of carbonyl (C=O) groups is 1. The van der Waals surface area contributed by atoms with Crippen molar-refractivity contribution in [1.29, 1.82) is 5.26 Å². The summed E-state index contributed by atoms with van der Waals surface area (Å²) in [6.45, 7) is 3.29. The summed E-state index contributed by atoms with van der Waals surface area (Å²) in [5.74, 6) is 1.34. The van der Waals surface area contributed by atoms with E-state index < -0.39 is 0 Å². The number of nitriles is 1. The number of hydrogen-bond donors (Lipinski definition) is 0. The lowest BCUT2D eigenvalue weighted by Gasteiger charge is -2.30. The Morgan fingerprint density at radius 3 is 2.96 bits per heavy atom. The van der Waals surface area contributed by atoms with Crippen molar-refractivity contribution in [1.82, 2.24) is 19.7 Å². The van der Waals surface area contributed by atoms with Crippen LogP contribution in [0.5, 0.6) is 11.5 Å². The van der Waals surface area contributed by atoms with E-state index in [-0.39, 0.29) is 24.4 Å². The first-order chi connectivity index (χ1) is 11.7. The van der Waals surface area contributed by atoms with Gasteiger partial charge in [-0.3, -0.25) is 4.79 Å². The van der Waals surface area contributed by atoms with Crippen LogP contribution < -0.4 is 9.47 Å². The molecule has 0 unspecified atom stereocenters. The van der Waals surface area contributed by atoms with Gasteiger partial charge in [0.1, 0.15) is 25.5 Å². The van der Waals surface area contributed by atoms with Gasteiger partial charge in [-0.1, -0.05) is 12.1 Å². The van der Waals surface area contributed by atoms with Crippen LogP contribution in [0.1, 0.15) is 12.7 Å². The Labute approximate surface area is 139 Å². The topological polar surface area (TPSA) is 93.3 Å². The lowest BCUT2D eigenvalue weighted by atomic mass is 10.2.